The second-order valence-corrected chi connectivity index (χ2v) is 6.03. The molecule has 0 aliphatic carbocycles. The third-order valence-electron chi connectivity index (χ3n) is 4.50. The molecule has 2 aromatic carbocycles. The minimum Gasteiger partial charge on any atom is -0.358 e. The van der Waals surface area contributed by atoms with Crippen LogP contribution < -0.4 is 5.32 Å². The Labute approximate surface area is 143 Å². The maximum absolute atomic E-state index is 12.5. The number of nitrogens with zero attached hydrogens (tertiary/aromatic N) is 2. The number of para-hydroxylation sites is 1. The summed E-state index contributed by atoms with van der Waals surface area (Å²) in [4.78, 5) is 27.9. The number of carbonyl (C=O) groups excluding carboxylic acids is 1. The molecule has 2 amide bonds. The van der Waals surface area contributed by atoms with E-state index >= 15 is 0 Å². The van der Waals surface area contributed by atoms with Crippen molar-refractivity contribution in [1.82, 2.24) is 9.88 Å². The lowest BCUT2D eigenvalue weighted by Gasteiger charge is -2.27. The lowest BCUT2D eigenvalue weighted by atomic mass is 10.0. The van der Waals surface area contributed by atoms with Crippen molar-refractivity contribution in [2.75, 3.05) is 11.9 Å². The molecule has 0 spiro atoms. The third kappa shape index (κ3) is 2.80. The first kappa shape index (κ1) is 15.2. The van der Waals surface area contributed by atoms with Crippen molar-refractivity contribution in [1.29, 1.82) is 0 Å². The van der Waals surface area contributed by atoms with Crippen LogP contribution >= 0.6 is 0 Å². The van der Waals surface area contributed by atoms with E-state index in [0.29, 0.717) is 18.8 Å². The Kier molecular flexibility index (Phi) is 3.61. The van der Waals surface area contributed by atoms with Gasteiger partial charge in [0.05, 0.1) is 4.92 Å². The summed E-state index contributed by atoms with van der Waals surface area (Å²) in [6.07, 6.45) is 0.775. The largest absolute Gasteiger partial charge is 0.358 e. The normalized spacial score (nSPS) is 13.5. The van der Waals surface area contributed by atoms with Gasteiger partial charge in [0.1, 0.15) is 0 Å². The number of hydrogen-bond acceptors (Lipinski definition) is 3. The van der Waals surface area contributed by atoms with E-state index in [4.69, 9.17) is 0 Å². The molecule has 4 rings (SSSR count). The first-order valence-corrected chi connectivity index (χ1v) is 8.00. The number of urea groups is 1. The van der Waals surface area contributed by atoms with E-state index in [1.54, 1.807) is 4.90 Å². The zero-order valence-corrected chi connectivity index (χ0v) is 13.4. The molecule has 3 aromatic rings. The number of fused-ring (bicyclic) bond motifs is 3. The molecule has 7 heteroatoms. The molecule has 1 aliphatic rings. The van der Waals surface area contributed by atoms with Crippen LogP contribution in [0.1, 0.15) is 11.3 Å². The molecule has 0 saturated carbocycles. The van der Waals surface area contributed by atoms with Gasteiger partial charge in [-0.3, -0.25) is 10.1 Å². The highest BCUT2D eigenvalue weighted by Crippen LogP contribution is 2.28. The first-order valence-electron chi connectivity index (χ1n) is 8.00. The van der Waals surface area contributed by atoms with Gasteiger partial charge < -0.3 is 15.2 Å². The number of nitro benzene ring substituents is 1. The molecule has 1 aromatic heterocycles. The smallest absolute Gasteiger partial charge is 0.322 e. The van der Waals surface area contributed by atoms with Gasteiger partial charge in [-0.2, -0.15) is 0 Å². The van der Waals surface area contributed by atoms with Gasteiger partial charge in [-0.15, -0.1) is 0 Å². The highest BCUT2D eigenvalue weighted by molar-refractivity contribution is 5.91. The number of amides is 2. The number of H-pyrrole nitrogens is 1. The van der Waals surface area contributed by atoms with Crippen LogP contribution in [0.5, 0.6) is 0 Å². The molecule has 0 radical (unpaired) electrons. The maximum Gasteiger partial charge on any atom is 0.322 e. The average molecular weight is 336 g/mol. The van der Waals surface area contributed by atoms with Crippen LogP contribution in [0.3, 0.4) is 0 Å². The standard InChI is InChI=1S/C18H16N4O3/c23-18(19-12-5-7-13(8-6-12)22(24)25)21-10-9-17-15(11-21)14-3-1-2-4-16(14)20-17/h1-8,20H,9-11H2,(H,19,23). The Morgan fingerprint density at radius 1 is 1.16 bits per heavy atom. The molecular weight excluding hydrogens is 320 g/mol. The maximum atomic E-state index is 12.5. The second-order valence-electron chi connectivity index (χ2n) is 6.03. The van der Waals surface area contributed by atoms with Crippen molar-refractivity contribution in [3.63, 3.8) is 0 Å². The highest BCUT2D eigenvalue weighted by Gasteiger charge is 2.24. The van der Waals surface area contributed by atoms with Crippen LogP contribution in [0.2, 0.25) is 0 Å². The Balaban J connectivity index is 1.51. The lowest BCUT2D eigenvalue weighted by molar-refractivity contribution is -0.384. The summed E-state index contributed by atoms with van der Waals surface area (Å²) < 4.78 is 0. The van der Waals surface area contributed by atoms with Gasteiger partial charge in [-0.25, -0.2) is 4.79 Å². The van der Waals surface area contributed by atoms with Crippen LogP contribution in [-0.2, 0) is 13.0 Å². The van der Waals surface area contributed by atoms with Gasteiger partial charge in [0.2, 0.25) is 0 Å². The zero-order valence-electron chi connectivity index (χ0n) is 13.4. The fraction of sp³-hybridized carbons (Fsp3) is 0.167. The number of non-ortho nitro benzene ring substituents is 1. The minimum atomic E-state index is -0.464. The minimum absolute atomic E-state index is 0.000550. The third-order valence-corrected chi connectivity index (χ3v) is 4.50. The Bertz CT molecular complexity index is 962. The van der Waals surface area contributed by atoms with Crippen LogP contribution in [0.4, 0.5) is 16.2 Å². The van der Waals surface area contributed by atoms with Crippen molar-refractivity contribution < 1.29 is 9.72 Å². The van der Waals surface area contributed by atoms with E-state index < -0.39 is 4.92 Å². The van der Waals surface area contributed by atoms with Crippen LogP contribution in [0, 0.1) is 10.1 Å². The van der Waals surface area contributed by atoms with Crippen LogP contribution in [0.25, 0.3) is 10.9 Å². The number of anilines is 1. The summed E-state index contributed by atoms with van der Waals surface area (Å²) >= 11 is 0. The number of nitrogens with one attached hydrogen (secondary N) is 2. The molecule has 0 bridgehead atoms. The van der Waals surface area contributed by atoms with Crippen molar-refractivity contribution in [2.45, 2.75) is 13.0 Å². The van der Waals surface area contributed by atoms with E-state index in [2.05, 4.69) is 16.4 Å². The molecule has 1 aliphatic heterocycles. The van der Waals surface area contributed by atoms with E-state index in [1.807, 2.05) is 18.2 Å². The molecule has 0 fully saturated rings. The number of hydrogen-bond donors (Lipinski definition) is 2. The number of nitro groups is 1. The predicted molar refractivity (Wildman–Crippen MR) is 94.5 cm³/mol. The predicted octanol–water partition coefficient (Wildman–Crippen LogP) is 3.67. The first-order chi connectivity index (χ1) is 12.1. The van der Waals surface area contributed by atoms with Gasteiger partial charge in [0.25, 0.3) is 5.69 Å². The van der Waals surface area contributed by atoms with Crippen LogP contribution in [-0.4, -0.2) is 27.4 Å². The molecule has 25 heavy (non-hydrogen) atoms. The van der Waals surface area contributed by atoms with E-state index in [9.17, 15) is 14.9 Å². The van der Waals surface area contributed by atoms with Gasteiger partial charge >= 0.3 is 6.03 Å². The van der Waals surface area contributed by atoms with Crippen molar-refractivity contribution in [3.05, 3.63) is 69.9 Å². The van der Waals surface area contributed by atoms with E-state index in [1.165, 1.54) is 30.0 Å². The topological polar surface area (TPSA) is 91.3 Å². The van der Waals surface area contributed by atoms with E-state index in [0.717, 1.165) is 22.9 Å². The number of aromatic nitrogens is 1. The van der Waals surface area contributed by atoms with Gasteiger partial charge in [-0.1, -0.05) is 18.2 Å². The lowest BCUT2D eigenvalue weighted by Crippen LogP contribution is -2.38. The van der Waals surface area contributed by atoms with E-state index in [-0.39, 0.29) is 11.7 Å². The molecule has 2 N–H and O–H groups in total. The highest BCUT2D eigenvalue weighted by atomic mass is 16.6. The number of aromatic amines is 1. The Morgan fingerprint density at radius 2 is 1.92 bits per heavy atom. The molecule has 2 heterocycles. The molecule has 0 atom stereocenters. The molecule has 0 unspecified atom stereocenters. The summed E-state index contributed by atoms with van der Waals surface area (Å²) in [7, 11) is 0. The fourth-order valence-corrected chi connectivity index (χ4v) is 3.21. The quantitative estimate of drug-likeness (QED) is 0.552. The van der Waals surface area contributed by atoms with Crippen molar-refractivity contribution >= 4 is 28.3 Å². The van der Waals surface area contributed by atoms with Gasteiger partial charge in [0, 0.05) is 59.5 Å². The Morgan fingerprint density at radius 3 is 2.68 bits per heavy atom. The molecule has 0 saturated heterocycles. The van der Waals surface area contributed by atoms with Gasteiger partial charge in [0.15, 0.2) is 0 Å². The van der Waals surface area contributed by atoms with Crippen molar-refractivity contribution in [2.24, 2.45) is 0 Å². The molecule has 126 valence electrons. The molecule has 7 nitrogen and oxygen atoms in total. The number of benzene rings is 2. The summed E-state index contributed by atoms with van der Waals surface area (Å²) in [5.41, 5.74) is 3.96. The Hall–Kier alpha value is -3.35. The summed E-state index contributed by atoms with van der Waals surface area (Å²) in [6.45, 7) is 1.16. The number of rotatable bonds is 2. The zero-order chi connectivity index (χ0) is 17.4. The fourth-order valence-electron chi connectivity index (χ4n) is 3.21. The molecular formula is C18H16N4O3. The second kappa shape index (κ2) is 5.94. The SMILES string of the molecule is O=C(Nc1ccc([N+](=O)[O-])cc1)N1CCc2[nH]c3ccccc3c2C1. The summed E-state index contributed by atoms with van der Waals surface area (Å²) in [6, 6.07) is 13.7. The number of carbonyl (C=O) groups is 1. The average Bonchev–Trinajstić information content (AvgIpc) is 3.00. The summed E-state index contributed by atoms with van der Waals surface area (Å²) in [5.74, 6) is 0. The van der Waals surface area contributed by atoms with Crippen molar-refractivity contribution in [3.8, 4) is 0 Å². The monoisotopic (exact) mass is 336 g/mol. The van der Waals surface area contributed by atoms with Gasteiger partial charge in [-0.05, 0) is 18.2 Å². The van der Waals surface area contributed by atoms with Crippen LogP contribution in [0.15, 0.2) is 48.5 Å². The summed E-state index contributed by atoms with van der Waals surface area (Å²) in [5, 5.41) is 14.6.